The van der Waals surface area contributed by atoms with Crippen LogP contribution in [0, 0.1) is 9.39 Å². The minimum Gasteiger partial charge on any atom is -0.397 e. The zero-order valence-corrected chi connectivity index (χ0v) is 12.6. The van der Waals surface area contributed by atoms with E-state index in [0.717, 1.165) is 0 Å². The molecule has 2 nitrogen and oxygen atoms in total. The first-order valence-electron chi connectivity index (χ1n) is 4.94. The Bertz CT molecular complexity index is 605. The highest BCUT2D eigenvalue weighted by Crippen LogP contribution is 2.30. The van der Waals surface area contributed by atoms with Gasteiger partial charge in [-0.2, -0.15) is 0 Å². The molecule has 0 amide bonds. The van der Waals surface area contributed by atoms with Crippen molar-refractivity contribution in [2.75, 3.05) is 11.1 Å². The first-order chi connectivity index (χ1) is 8.47. The summed E-state index contributed by atoms with van der Waals surface area (Å²) in [6.07, 6.45) is 0. The fourth-order valence-corrected chi connectivity index (χ4v) is 2.19. The lowest BCUT2D eigenvalue weighted by atomic mass is 10.2. The van der Waals surface area contributed by atoms with Crippen LogP contribution >= 0.6 is 45.8 Å². The average Bonchev–Trinajstić information content (AvgIpc) is 2.31. The number of halogens is 4. The van der Waals surface area contributed by atoms with Crippen LogP contribution < -0.4 is 11.1 Å². The van der Waals surface area contributed by atoms with Crippen molar-refractivity contribution in [1.29, 1.82) is 0 Å². The summed E-state index contributed by atoms with van der Waals surface area (Å²) in [6.45, 7) is 0. The van der Waals surface area contributed by atoms with E-state index in [2.05, 4.69) is 5.32 Å². The monoisotopic (exact) mass is 396 g/mol. The summed E-state index contributed by atoms with van der Waals surface area (Å²) in [7, 11) is 0. The molecule has 2 aromatic carbocycles. The van der Waals surface area contributed by atoms with Crippen LogP contribution in [0.5, 0.6) is 0 Å². The van der Waals surface area contributed by atoms with Crippen LogP contribution in [-0.4, -0.2) is 0 Å². The summed E-state index contributed by atoms with van der Waals surface area (Å²) in [6, 6.07) is 7.96. The van der Waals surface area contributed by atoms with E-state index in [1.54, 1.807) is 24.3 Å². The van der Waals surface area contributed by atoms with E-state index in [4.69, 9.17) is 28.9 Å². The second-order valence-electron chi connectivity index (χ2n) is 3.61. The van der Waals surface area contributed by atoms with Crippen LogP contribution in [0.1, 0.15) is 0 Å². The third kappa shape index (κ3) is 2.99. The molecule has 0 atom stereocenters. The highest BCUT2D eigenvalue weighted by Gasteiger charge is 2.07. The lowest BCUT2D eigenvalue weighted by Crippen LogP contribution is -1.98. The van der Waals surface area contributed by atoms with Crippen LogP contribution in [0.2, 0.25) is 10.0 Å². The summed E-state index contributed by atoms with van der Waals surface area (Å²) in [5.41, 5.74) is 7.46. The summed E-state index contributed by atoms with van der Waals surface area (Å²) >= 11 is 13.6. The number of benzene rings is 2. The molecular weight excluding hydrogens is 389 g/mol. The minimum absolute atomic E-state index is 0.327. The van der Waals surface area contributed by atoms with E-state index in [0.29, 0.717) is 30.7 Å². The van der Waals surface area contributed by atoms with Gasteiger partial charge in [0.05, 0.1) is 25.0 Å². The maximum absolute atomic E-state index is 13.5. The zero-order chi connectivity index (χ0) is 13.3. The molecule has 0 spiro atoms. The van der Waals surface area contributed by atoms with Crippen molar-refractivity contribution < 1.29 is 4.39 Å². The largest absolute Gasteiger partial charge is 0.397 e. The van der Waals surface area contributed by atoms with Gasteiger partial charge >= 0.3 is 0 Å². The summed E-state index contributed by atoms with van der Waals surface area (Å²) in [4.78, 5) is 0. The average molecular weight is 397 g/mol. The molecule has 0 bridgehead atoms. The first kappa shape index (κ1) is 13.7. The van der Waals surface area contributed by atoms with Gasteiger partial charge in [0.1, 0.15) is 5.82 Å². The summed E-state index contributed by atoms with van der Waals surface area (Å²) < 4.78 is 13.9. The quantitative estimate of drug-likeness (QED) is 0.549. The second-order valence-corrected chi connectivity index (χ2v) is 5.58. The molecule has 0 aliphatic rings. The molecule has 0 aliphatic heterocycles. The van der Waals surface area contributed by atoms with Gasteiger partial charge in [-0.25, -0.2) is 4.39 Å². The molecule has 18 heavy (non-hydrogen) atoms. The maximum atomic E-state index is 13.5. The van der Waals surface area contributed by atoms with Gasteiger partial charge < -0.3 is 11.1 Å². The van der Waals surface area contributed by atoms with Crippen molar-refractivity contribution in [3.8, 4) is 0 Å². The molecule has 0 unspecified atom stereocenters. The van der Waals surface area contributed by atoms with Gasteiger partial charge in [0.2, 0.25) is 0 Å². The van der Waals surface area contributed by atoms with Crippen molar-refractivity contribution in [2.24, 2.45) is 0 Å². The Labute approximate surface area is 127 Å². The maximum Gasteiger partial charge on any atom is 0.138 e. The summed E-state index contributed by atoms with van der Waals surface area (Å²) in [5, 5.41) is 3.88. The molecule has 2 aromatic rings. The molecule has 2 rings (SSSR count). The highest BCUT2D eigenvalue weighted by atomic mass is 127. The topological polar surface area (TPSA) is 38.0 Å². The smallest absolute Gasteiger partial charge is 0.138 e. The van der Waals surface area contributed by atoms with Crippen LogP contribution in [-0.2, 0) is 0 Å². The SMILES string of the molecule is Nc1cc(I)c(F)cc1Nc1ccc(Cl)c(Cl)c1. The Kier molecular flexibility index (Phi) is 4.19. The van der Waals surface area contributed by atoms with Gasteiger partial charge in [-0.15, -0.1) is 0 Å². The van der Waals surface area contributed by atoms with Crippen molar-refractivity contribution >= 4 is 62.9 Å². The van der Waals surface area contributed by atoms with Crippen molar-refractivity contribution in [3.63, 3.8) is 0 Å². The molecule has 6 heteroatoms. The van der Waals surface area contributed by atoms with Crippen molar-refractivity contribution in [3.05, 3.63) is 49.8 Å². The molecular formula is C12H8Cl2FIN2. The van der Waals surface area contributed by atoms with Gasteiger partial charge in [0.25, 0.3) is 0 Å². The Morgan fingerprint density at radius 2 is 1.83 bits per heavy atom. The number of hydrogen-bond donors (Lipinski definition) is 2. The van der Waals surface area contributed by atoms with Crippen LogP contribution in [0.25, 0.3) is 0 Å². The normalized spacial score (nSPS) is 10.4. The molecule has 0 heterocycles. The standard InChI is InChI=1S/C12H8Cl2FIN2/c13-7-2-1-6(3-8(7)14)18-12-4-9(15)10(16)5-11(12)17/h1-5,18H,17H2. The fraction of sp³-hybridized carbons (Fsp3) is 0. The van der Waals surface area contributed by atoms with Gasteiger partial charge in [0.15, 0.2) is 0 Å². The summed E-state index contributed by atoms with van der Waals surface area (Å²) in [5.74, 6) is -0.327. The van der Waals surface area contributed by atoms with Crippen LogP contribution in [0.15, 0.2) is 30.3 Å². The van der Waals surface area contributed by atoms with E-state index in [-0.39, 0.29) is 5.82 Å². The predicted octanol–water partition coefficient (Wildman–Crippen LogP) is 5.06. The molecule has 0 aliphatic carbocycles. The Morgan fingerprint density at radius 1 is 1.11 bits per heavy atom. The van der Waals surface area contributed by atoms with E-state index < -0.39 is 0 Å². The third-order valence-electron chi connectivity index (χ3n) is 2.29. The number of rotatable bonds is 2. The lowest BCUT2D eigenvalue weighted by molar-refractivity contribution is 0.621. The predicted molar refractivity (Wildman–Crippen MR) is 83.3 cm³/mol. The molecule has 94 valence electrons. The molecule has 0 fully saturated rings. The number of nitrogen functional groups attached to an aromatic ring is 1. The zero-order valence-electron chi connectivity index (χ0n) is 8.98. The van der Waals surface area contributed by atoms with Crippen molar-refractivity contribution in [1.82, 2.24) is 0 Å². The van der Waals surface area contributed by atoms with Crippen molar-refractivity contribution in [2.45, 2.75) is 0 Å². The van der Waals surface area contributed by atoms with Crippen LogP contribution in [0.4, 0.5) is 21.5 Å². The van der Waals surface area contributed by atoms with Crippen LogP contribution in [0.3, 0.4) is 0 Å². The second kappa shape index (κ2) is 5.50. The lowest BCUT2D eigenvalue weighted by Gasteiger charge is -2.11. The number of nitrogens with two attached hydrogens (primary N) is 1. The van der Waals surface area contributed by atoms with Gasteiger partial charge in [-0.1, -0.05) is 23.2 Å². The number of nitrogens with one attached hydrogen (secondary N) is 1. The fourth-order valence-electron chi connectivity index (χ4n) is 1.40. The highest BCUT2D eigenvalue weighted by molar-refractivity contribution is 14.1. The van der Waals surface area contributed by atoms with E-state index in [1.807, 2.05) is 22.6 Å². The molecule has 0 saturated heterocycles. The molecule has 0 aromatic heterocycles. The first-order valence-corrected chi connectivity index (χ1v) is 6.77. The number of hydrogen-bond acceptors (Lipinski definition) is 2. The molecule has 3 N–H and O–H groups in total. The van der Waals surface area contributed by atoms with E-state index >= 15 is 0 Å². The Balaban J connectivity index is 2.34. The number of anilines is 3. The molecule has 0 radical (unpaired) electrons. The van der Waals surface area contributed by atoms with Gasteiger partial charge in [-0.3, -0.25) is 0 Å². The van der Waals surface area contributed by atoms with Gasteiger partial charge in [0, 0.05) is 11.8 Å². The minimum atomic E-state index is -0.327. The third-order valence-corrected chi connectivity index (χ3v) is 3.86. The van der Waals surface area contributed by atoms with Gasteiger partial charge in [-0.05, 0) is 46.9 Å². The van der Waals surface area contributed by atoms with E-state index in [1.165, 1.54) is 6.07 Å². The Morgan fingerprint density at radius 3 is 2.50 bits per heavy atom. The van der Waals surface area contributed by atoms with E-state index in [9.17, 15) is 4.39 Å². The molecule has 0 saturated carbocycles. The Hall–Kier alpha value is -0.720.